The molecule has 0 atom stereocenters. The molecule has 0 bridgehead atoms. The van der Waals surface area contributed by atoms with E-state index in [0.29, 0.717) is 6.07 Å². The second kappa shape index (κ2) is 9.07. The van der Waals surface area contributed by atoms with Crippen LogP contribution in [0.15, 0.2) is 60.9 Å². The minimum absolute atomic E-state index is 0.313. The highest BCUT2D eigenvalue weighted by molar-refractivity contribution is 6.09. The lowest BCUT2D eigenvalue weighted by molar-refractivity contribution is -0.385. The Balaban J connectivity index is 1.78. The lowest BCUT2D eigenvalue weighted by Crippen LogP contribution is -2.34. The van der Waals surface area contributed by atoms with Crippen molar-refractivity contribution in [1.29, 1.82) is 0 Å². The van der Waals surface area contributed by atoms with Gasteiger partial charge in [-0.15, -0.1) is 0 Å². The number of carbonyl (C=O) groups excluding carboxylic acids is 2. The van der Waals surface area contributed by atoms with Crippen molar-refractivity contribution in [2.75, 3.05) is 5.32 Å². The van der Waals surface area contributed by atoms with E-state index in [4.69, 9.17) is 4.74 Å². The quantitative estimate of drug-likeness (QED) is 0.443. The van der Waals surface area contributed by atoms with Gasteiger partial charge in [0.2, 0.25) is 0 Å². The standard InChI is InChI=1S/C19H12F3N5O5/c20-19(21,22)13-10-11(6-7-15(13)32-18-23-8-3-9-24-18)25-17(29)26-16(28)12-4-1-2-5-14(12)27(30)31/h1-10H,(H2,25,26,28,29). The van der Waals surface area contributed by atoms with E-state index in [1.54, 1.807) is 0 Å². The van der Waals surface area contributed by atoms with Crippen LogP contribution in [0.25, 0.3) is 0 Å². The topological polar surface area (TPSA) is 136 Å². The zero-order valence-corrected chi connectivity index (χ0v) is 15.8. The third kappa shape index (κ3) is 5.33. The van der Waals surface area contributed by atoms with Crippen molar-refractivity contribution in [3.8, 4) is 11.8 Å². The highest BCUT2D eigenvalue weighted by Gasteiger charge is 2.35. The van der Waals surface area contributed by atoms with Crippen LogP contribution in [-0.2, 0) is 6.18 Å². The van der Waals surface area contributed by atoms with Gasteiger partial charge in [0.1, 0.15) is 16.9 Å². The van der Waals surface area contributed by atoms with Crippen molar-refractivity contribution in [2.24, 2.45) is 0 Å². The molecule has 0 unspecified atom stereocenters. The number of alkyl halides is 3. The third-order valence-corrected chi connectivity index (χ3v) is 3.86. The molecule has 3 aromatic rings. The molecular formula is C19H12F3N5O5. The van der Waals surface area contributed by atoms with Gasteiger partial charge in [-0.2, -0.15) is 13.2 Å². The smallest absolute Gasteiger partial charge is 0.420 e. The number of aromatic nitrogens is 2. The molecule has 0 aliphatic rings. The van der Waals surface area contributed by atoms with Crippen LogP contribution in [0.1, 0.15) is 15.9 Å². The molecule has 2 aromatic carbocycles. The van der Waals surface area contributed by atoms with Crippen LogP contribution in [0, 0.1) is 10.1 Å². The van der Waals surface area contributed by atoms with Crippen LogP contribution >= 0.6 is 0 Å². The van der Waals surface area contributed by atoms with Crippen molar-refractivity contribution in [1.82, 2.24) is 15.3 Å². The molecule has 0 saturated carbocycles. The van der Waals surface area contributed by atoms with E-state index in [9.17, 15) is 32.9 Å². The van der Waals surface area contributed by atoms with Crippen molar-refractivity contribution in [3.05, 3.63) is 82.2 Å². The molecule has 1 heterocycles. The van der Waals surface area contributed by atoms with Crippen LogP contribution in [0.3, 0.4) is 0 Å². The molecule has 3 amide bonds. The molecule has 32 heavy (non-hydrogen) atoms. The first-order valence-corrected chi connectivity index (χ1v) is 8.67. The average Bonchev–Trinajstić information content (AvgIpc) is 2.74. The van der Waals surface area contributed by atoms with Gasteiger partial charge in [0.15, 0.2) is 0 Å². The molecule has 0 spiro atoms. The zero-order valence-electron chi connectivity index (χ0n) is 15.8. The van der Waals surface area contributed by atoms with E-state index in [1.807, 2.05) is 5.32 Å². The summed E-state index contributed by atoms with van der Waals surface area (Å²) in [6.45, 7) is 0. The zero-order chi connectivity index (χ0) is 23.3. The maximum absolute atomic E-state index is 13.5. The SMILES string of the molecule is O=C(NC(=O)c1ccccc1[N+](=O)[O-])Nc1ccc(Oc2ncccn2)c(C(F)(F)F)c1. The predicted molar refractivity (Wildman–Crippen MR) is 103 cm³/mol. The number of halogens is 3. The van der Waals surface area contributed by atoms with Gasteiger partial charge in [0.25, 0.3) is 11.6 Å². The molecule has 0 fully saturated rings. The summed E-state index contributed by atoms with van der Waals surface area (Å²) in [6, 6.07) is 7.45. The maximum Gasteiger partial charge on any atom is 0.420 e. The Hall–Kier alpha value is -4.55. The Morgan fingerprint density at radius 1 is 1.03 bits per heavy atom. The second-order valence-electron chi connectivity index (χ2n) is 6.02. The van der Waals surface area contributed by atoms with Crippen molar-refractivity contribution in [3.63, 3.8) is 0 Å². The summed E-state index contributed by atoms with van der Waals surface area (Å²) in [7, 11) is 0. The third-order valence-electron chi connectivity index (χ3n) is 3.86. The van der Waals surface area contributed by atoms with E-state index in [2.05, 4.69) is 15.3 Å². The van der Waals surface area contributed by atoms with Gasteiger partial charge < -0.3 is 10.1 Å². The van der Waals surface area contributed by atoms with Gasteiger partial charge >= 0.3 is 18.2 Å². The van der Waals surface area contributed by atoms with Crippen LogP contribution in [0.5, 0.6) is 11.8 Å². The molecule has 0 saturated heterocycles. The fraction of sp³-hybridized carbons (Fsp3) is 0.0526. The number of para-hydroxylation sites is 1. The van der Waals surface area contributed by atoms with Gasteiger partial charge in [-0.3, -0.25) is 20.2 Å². The van der Waals surface area contributed by atoms with Crippen molar-refractivity contribution < 1.29 is 32.4 Å². The predicted octanol–water partition coefficient (Wildman–Crippen LogP) is 4.16. The lowest BCUT2D eigenvalue weighted by atomic mass is 10.1. The number of hydrogen-bond acceptors (Lipinski definition) is 7. The van der Waals surface area contributed by atoms with Crippen LogP contribution in [0.4, 0.5) is 29.3 Å². The number of benzene rings is 2. The second-order valence-corrected chi connectivity index (χ2v) is 6.02. The number of rotatable bonds is 5. The Labute approximate surface area is 177 Å². The summed E-state index contributed by atoms with van der Waals surface area (Å²) in [5.74, 6) is -1.71. The highest BCUT2D eigenvalue weighted by Crippen LogP contribution is 2.39. The number of anilines is 1. The summed E-state index contributed by atoms with van der Waals surface area (Å²) in [5, 5.41) is 14.9. The first-order valence-electron chi connectivity index (χ1n) is 8.67. The Morgan fingerprint density at radius 3 is 2.38 bits per heavy atom. The number of nitro benzene ring substituents is 1. The number of nitrogens with one attached hydrogen (secondary N) is 2. The maximum atomic E-state index is 13.5. The molecule has 164 valence electrons. The van der Waals surface area contributed by atoms with Gasteiger partial charge in [-0.25, -0.2) is 14.8 Å². The molecular weight excluding hydrogens is 435 g/mol. The molecule has 0 aliphatic carbocycles. The molecule has 3 rings (SSSR count). The minimum atomic E-state index is -4.85. The van der Waals surface area contributed by atoms with Crippen molar-refractivity contribution >= 4 is 23.3 Å². The number of ether oxygens (including phenoxy) is 1. The summed E-state index contributed by atoms with van der Waals surface area (Å²) in [6.07, 6.45) is -2.29. The fourth-order valence-electron chi connectivity index (χ4n) is 2.51. The van der Waals surface area contributed by atoms with Crippen LogP contribution < -0.4 is 15.4 Å². The minimum Gasteiger partial charge on any atom is -0.424 e. The van der Waals surface area contributed by atoms with Gasteiger partial charge in [0.05, 0.1) is 4.92 Å². The van der Waals surface area contributed by atoms with E-state index < -0.39 is 45.6 Å². The summed E-state index contributed by atoms with van der Waals surface area (Å²) in [5.41, 5.74) is -2.48. The molecule has 10 nitrogen and oxygen atoms in total. The Morgan fingerprint density at radius 2 is 1.72 bits per heavy atom. The number of carbonyl (C=O) groups is 2. The first-order chi connectivity index (χ1) is 15.1. The number of imide groups is 1. The van der Waals surface area contributed by atoms with Gasteiger partial charge in [-0.1, -0.05) is 12.1 Å². The van der Waals surface area contributed by atoms with Gasteiger partial charge in [0, 0.05) is 24.1 Å². The Kier molecular flexibility index (Phi) is 6.28. The molecule has 13 heteroatoms. The normalized spacial score (nSPS) is 10.8. The Bertz CT molecular complexity index is 1170. The average molecular weight is 447 g/mol. The fourth-order valence-corrected chi connectivity index (χ4v) is 2.51. The van der Waals surface area contributed by atoms with Gasteiger partial charge in [-0.05, 0) is 30.3 Å². The monoisotopic (exact) mass is 447 g/mol. The lowest BCUT2D eigenvalue weighted by Gasteiger charge is -2.15. The first kappa shape index (κ1) is 22.1. The number of urea groups is 1. The van der Waals surface area contributed by atoms with E-state index in [1.165, 1.54) is 30.6 Å². The summed E-state index contributed by atoms with van der Waals surface area (Å²) < 4.78 is 45.4. The largest absolute Gasteiger partial charge is 0.424 e. The van der Waals surface area contributed by atoms with E-state index in [-0.39, 0.29) is 11.7 Å². The van der Waals surface area contributed by atoms with Crippen LogP contribution in [0.2, 0.25) is 0 Å². The van der Waals surface area contributed by atoms with Crippen molar-refractivity contribution in [2.45, 2.75) is 6.18 Å². The summed E-state index contributed by atoms with van der Waals surface area (Å²) in [4.78, 5) is 41.8. The summed E-state index contributed by atoms with van der Waals surface area (Å²) >= 11 is 0. The number of hydrogen-bond donors (Lipinski definition) is 2. The van der Waals surface area contributed by atoms with E-state index >= 15 is 0 Å². The molecule has 2 N–H and O–H groups in total. The number of nitro groups is 1. The molecule has 1 aromatic heterocycles. The highest BCUT2D eigenvalue weighted by atomic mass is 19.4. The van der Waals surface area contributed by atoms with Crippen LogP contribution in [-0.4, -0.2) is 26.8 Å². The van der Waals surface area contributed by atoms with E-state index in [0.717, 1.165) is 24.3 Å². The number of nitrogens with zero attached hydrogens (tertiary/aromatic N) is 3. The number of amides is 3. The molecule has 0 aliphatic heterocycles. The molecule has 0 radical (unpaired) electrons.